The summed E-state index contributed by atoms with van der Waals surface area (Å²) in [6.07, 6.45) is 3.27. The van der Waals surface area contributed by atoms with Crippen molar-refractivity contribution in [1.82, 2.24) is 0 Å². The molecule has 2 aromatic carbocycles. The van der Waals surface area contributed by atoms with Gasteiger partial charge in [0.2, 0.25) is 0 Å². The molecule has 0 unspecified atom stereocenters. The van der Waals surface area contributed by atoms with E-state index in [9.17, 15) is 10.2 Å². The number of benzene rings is 2. The summed E-state index contributed by atoms with van der Waals surface area (Å²) in [5.41, 5.74) is 1.39. The van der Waals surface area contributed by atoms with Crippen LogP contribution in [0.4, 0.5) is 0 Å². The summed E-state index contributed by atoms with van der Waals surface area (Å²) in [6, 6.07) is 14.1. The van der Waals surface area contributed by atoms with Gasteiger partial charge in [0.25, 0.3) is 0 Å². The van der Waals surface area contributed by atoms with E-state index in [1.54, 1.807) is 48.8 Å². The van der Waals surface area contributed by atoms with Gasteiger partial charge in [-0.1, -0.05) is 24.3 Å². The molecule has 0 heterocycles. The molecule has 2 N–H and O–H groups in total. The number of ether oxygens (including phenoxy) is 2. The van der Waals surface area contributed by atoms with Crippen molar-refractivity contribution < 1.29 is 19.7 Å². The fraction of sp³-hybridized carbons (Fsp3) is 0.300. The molecule has 0 aliphatic heterocycles. The number of rotatable bonds is 11. The van der Waals surface area contributed by atoms with Gasteiger partial charge in [-0.05, 0) is 24.3 Å². The van der Waals surface area contributed by atoms with Crippen LogP contribution in [0.3, 0.4) is 0 Å². The maximum Gasteiger partial charge on any atom is 0.124 e. The van der Waals surface area contributed by atoms with Crippen LogP contribution in [0.25, 0.3) is 0 Å². The van der Waals surface area contributed by atoms with Crippen LogP contribution in [0.15, 0.2) is 58.5 Å². The number of phenols is 2. The minimum Gasteiger partial charge on any atom is -0.507 e. The van der Waals surface area contributed by atoms with E-state index in [4.69, 9.17) is 9.47 Å². The molecule has 0 aromatic heterocycles. The molecule has 0 bridgehead atoms. The van der Waals surface area contributed by atoms with E-state index in [1.165, 1.54) is 0 Å². The van der Waals surface area contributed by atoms with Gasteiger partial charge in [-0.25, -0.2) is 0 Å². The van der Waals surface area contributed by atoms with Crippen molar-refractivity contribution in [3.8, 4) is 11.5 Å². The fourth-order valence-electron chi connectivity index (χ4n) is 2.08. The van der Waals surface area contributed by atoms with Gasteiger partial charge in [-0.15, -0.1) is 0 Å². The van der Waals surface area contributed by atoms with Crippen LogP contribution in [0.2, 0.25) is 0 Å². The second-order valence-electron chi connectivity index (χ2n) is 5.41. The third-order valence-corrected chi connectivity index (χ3v) is 3.44. The largest absolute Gasteiger partial charge is 0.507 e. The molecule has 0 spiro atoms. The van der Waals surface area contributed by atoms with Crippen molar-refractivity contribution in [3.63, 3.8) is 0 Å². The molecule has 26 heavy (non-hydrogen) atoms. The highest BCUT2D eigenvalue weighted by molar-refractivity contribution is 5.83. The zero-order valence-electron chi connectivity index (χ0n) is 14.6. The SMILES string of the molecule is Oc1ccccc1C=NCCOCCOCCN=Cc1ccccc1O. The van der Waals surface area contributed by atoms with Gasteiger partial charge in [0, 0.05) is 23.6 Å². The van der Waals surface area contributed by atoms with Gasteiger partial charge in [0.05, 0.1) is 39.5 Å². The second-order valence-corrected chi connectivity index (χ2v) is 5.41. The molecule has 2 aromatic rings. The summed E-state index contributed by atoms with van der Waals surface area (Å²) < 4.78 is 10.8. The molecule has 2 rings (SSSR count). The van der Waals surface area contributed by atoms with Gasteiger partial charge >= 0.3 is 0 Å². The first-order valence-corrected chi connectivity index (χ1v) is 8.48. The zero-order valence-corrected chi connectivity index (χ0v) is 14.6. The van der Waals surface area contributed by atoms with Crippen molar-refractivity contribution in [1.29, 1.82) is 0 Å². The molecule has 138 valence electrons. The Morgan fingerprint density at radius 3 is 1.50 bits per heavy atom. The highest BCUT2D eigenvalue weighted by Crippen LogP contribution is 2.13. The first-order chi connectivity index (χ1) is 12.8. The summed E-state index contributed by atoms with van der Waals surface area (Å²) in [6.45, 7) is 3.04. The normalized spacial score (nSPS) is 11.5. The van der Waals surface area contributed by atoms with Crippen molar-refractivity contribution >= 4 is 12.4 Å². The number of hydrogen-bond donors (Lipinski definition) is 2. The monoisotopic (exact) mass is 356 g/mol. The average Bonchev–Trinajstić information content (AvgIpc) is 2.65. The lowest BCUT2D eigenvalue weighted by Crippen LogP contribution is -2.08. The van der Waals surface area contributed by atoms with Crippen molar-refractivity contribution in [2.24, 2.45) is 9.98 Å². The number of hydrogen-bond acceptors (Lipinski definition) is 6. The highest BCUT2D eigenvalue weighted by Gasteiger charge is 1.95. The number of para-hydroxylation sites is 2. The van der Waals surface area contributed by atoms with Crippen molar-refractivity contribution in [2.45, 2.75) is 0 Å². The Bertz CT molecular complexity index is 655. The molecule has 0 aliphatic rings. The molecular weight excluding hydrogens is 332 g/mol. The number of nitrogens with zero attached hydrogens (tertiary/aromatic N) is 2. The molecule has 0 saturated heterocycles. The van der Waals surface area contributed by atoms with Crippen LogP contribution in [-0.4, -0.2) is 62.2 Å². The maximum absolute atomic E-state index is 9.59. The van der Waals surface area contributed by atoms with E-state index in [1.807, 2.05) is 12.1 Å². The van der Waals surface area contributed by atoms with E-state index in [2.05, 4.69) is 9.98 Å². The summed E-state index contributed by atoms with van der Waals surface area (Å²) >= 11 is 0. The van der Waals surface area contributed by atoms with Crippen molar-refractivity contribution in [3.05, 3.63) is 59.7 Å². The third kappa shape index (κ3) is 7.46. The lowest BCUT2D eigenvalue weighted by atomic mass is 10.2. The van der Waals surface area contributed by atoms with Gasteiger partial charge in [-0.3, -0.25) is 9.98 Å². The Morgan fingerprint density at radius 1 is 0.654 bits per heavy atom. The lowest BCUT2D eigenvalue weighted by Gasteiger charge is -2.03. The zero-order chi connectivity index (χ0) is 18.5. The minimum absolute atomic E-state index is 0.218. The second kappa shape index (κ2) is 11.8. The fourth-order valence-corrected chi connectivity index (χ4v) is 2.08. The molecule has 6 nitrogen and oxygen atoms in total. The quantitative estimate of drug-likeness (QED) is 0.479. The van der Waals surface area contributed by atoms with Gasteiger partial charge in [0.15, 0.2) is 0 Å². The van der Waals surface area contributed by atoms with Crippen LogP contribution in [-0.2, 0) is 9.47 Å². The van der Waals surface area contributed by atoms with Crippen LogP contribution in [0.5, 0.6) is 11.5 Å². The van der Waals surface area contributed by atoms with E-state index < -0.39 is 0 Å². The summed E-state index contributed by atoms with van der Waals surface area (Å²) in [5.74, 6) is 0.436. The molecule has 0 atom stereocenters. The first kappa shape index (κ1) is 19.6. The summed E-state index contributed by atoms with van der Waals surface area (Å²) in [7, 11) is 0. The number of aromatic hydroxyl groups is 2. The highest BCUT2D eigenvalue weighted by atomic mass is 16.5. The lowest BCUT2D eigenvalue weighted by molar-refractivity contribution is 0.0541. The number of phenolic OH excluding ortho intramolecular Hbond substituents is 2. The van der Waals surface area contributed by atoms with Gasteiger partial charge < -0.3 is 19.7 Å². The summed E-state index contributed by atoms with van der Waals surface area (Å²) in [5, 5.41) is 19.2. The van der Waals surface area contributed by atoms with Gasteiger partial charge in [-0.2, -0.15) is 0 Å². The number of aliphatic imine (C=N–C) groups is 2. The van der Waals surface area contributed by atoms with Crippen LogP contribution in [0.1, 0.15) is 11.1 Å². The van der Waals surface area contributed by atoms with E-state index in [0.717, 1.165) is 0 Å². The van der Waals surface area contributed by atoms with E-state index in [-0.39, 0.29) is 11.5 Å². The van der Waals surface area contributed by atoms with E-state index in [0.29, 0.717) is 50.6 Å². The Labute approximate surface area is 153 Å². The average molecular weight is 356 g/mol. The van der Waals surface area contributed by atoms with E-state index >= 15 is 0 Å². The molecule has 0 fully saturated rings. The first-order valence-electron chi connectivity index (χ1n) is 8.48. The smallest absolute Gasteiger partial charge is 0.124 e. The predicted molar refractivity (Wildman–Crippen MR) is 103 cm³/mol. The Morgan fingerprint density at radius 2 is 1.08 bits per heavy atom. The molecule has 6 heteroatoms. The van der Waals surface area contributed by atoms with Crippen LogP contribution in [0, 0.1) is 0 Å². The molecular formula is C20H24N2O4. The summed E-state index contributed by atoms with van der Waals surface area (Å²) in [4.78, 5) is 8.41. The minimum atomic E-state index is 0.218. The predicted octanol–water partition coefficient (Wildman–Crippen LogP) is 2.67. The maximum atomic E-state index is 9.59. The molecule has 0 aliphatic carbocycles. The van der Waals surface area contributed by atoms with Crippen molar-refractivity contribution in [2.75, 3.05) is 39.5 Å². The Kier molecular flexibility index (Phi) is 8.89. The Balaban J connectivity index is 1.46. The Hall–Kier alpha value is -2.70. The third-order valence-electron chi connectivity index (χ3n) is 3.44. The molecule has 0 amide bonds. The molecule has 0 saturated carbocycles. The topological polar surface area (TPSA) is 83.6 Å². The van der Waals surface area contributed by atoms with Crippen LogP contribution >= 0.6 is 0 Å². The van der Waals surface area contributed by atoms with Gasteiger partial charge in [0.1, 0.15) is 11.5 Å². The van der Waals surface area contributed by atoms with Crippen LogP contribution < -0.4 is 0 Å². The molecule has 0 radical (unpaired) electrons. The standard InChI is InChI=1S/C20H24N2O4/c23-19-7-3-1-5-17(19)15-21-9-11-25-13-14-26-12-10-22-16-18-6-2-4-8-20(18)24/h1-8,15-16,23-24H,9-14H2.